The Bertz CT molecular complexity index is 1660. The van der Waals surface area contributed by atoms with Gasteiger partial charge in [-0.25, -0.2) is 18.4 Å². The summed E-state index contributed by atoms with van der Waals surface area (Å²) in [6, 6.07) is 20.9. The van der Waals surface area contributed by atoms with Gasteiger partial charge in [0.1, 0.15) is 16.2 Å². The van der Waals surface area contributed by atoms with Crippen LogP contribution in [0.4, 0.5) is 5.82 Å². The van der Waals surface area contributed by atoms with E-state index in [9.17, 15) is 8.42 Å². The van der Waals surface area contributed by atoms with Crippen LogP contribution < -0.4 is 5.73 Å². The van der Waals surface area contributed by atoms with Crippen molar-refractivity contribution < 1.29 is 8.42 Å². The molecule has 3 aromatic carbocycles. The molecule has 5 rings (SSSR count). The molecule has 0 saturated heterocycles. The van der Waals surface area contributed by atoms with Crippen molar-refractivity contribution in [2.75, 3.05) is 5.73 Å². The summed E-state index contributed by atoms with van der Waals surface area (Å²) in [4.78, 5) is 9.22. The highest BCUT2D eigenvalue weighted by Crippen LogP contribution is 2.35. The average molecular weight is 476 g/mol. The Labute approximate surface area is 195 Å². The van der Waals surface area contributed by atoms with E-state index in [4.69, 9.17) is 17.3 Å². The molecule has 0 aliphatic carbocycles. The van der Waals surface area contributed by atoms with Crippen LogP contribution in [-0.2, 0) is 9.84 Å². The van der Waals surface area contributed by atoms with Crippen molar-refractivity contribution in [2.45, 2.75) is 16.7 Å². The molecule has 0 spiro atoms. The fourth-order valence-corrected chi connectivity index (χ4v) is 5.23. The number of rotatable bonds is 4. The molecular formula is C24H18ClN5O2S. The van der Waals surface area contributed by atoms with Crippen molar-refractivity contribution in [1.82, 2.24) is 14.6 Å². The van der Waals surface area contributed by atoms with Crippen molar-refractivity contribution in [3.05, 3.63) is 88.9 Å². The molecule has 2 heterocycles. The van der Waals surface area contributed by atoms with Gasteiger partial charge in [-0.1, -0.05) is 53.6 Å². The third kappa shape index (κ3) is 3.73. The predicted octanol–water partition coefficient (Wildman–Crippen LogP) is 4.84. The molecule has 5 aromatic rings. The summed E-state index contributed by atoms with van der Waals surface area (Å²) in [5, 5.41) is 4.99. The summed E-state index contributed by atoms with van der Waals surface area (Å²) in [5.41, 5.74) is 9.62. The second-order valence-corrected chi connectivity index (χ2v) is 9.85. The number of benzene rings is 3. The predicted molar refractivity (Wildman–Crippen MR) is 131 cm³/mol. The highest BCUT2D eigenvalue weighted by atomic mass is 35.5. The molecule has 0 fully saturated rings. The van der Waals surface area contributed by atoms with E-state index in [0.29, 0.717) is 16.1 Å². The molecule has 0 aliphatic heterocycles. The van der Waals surface area contributed by atoms with Gasteiger partial charge < -0.3 is 5.73 Å². The van der Waals surface area contributed by atoms with E-state index in [0.717, 1.165) is 11.1 Å². The molecule has 0 aliphatic rings. The lowest BCUT2D eigenvalue weighted by atomic mass is 10.2. The monoisotopic (exact) mass is 475 g/mol. The van der Waals surface area contributed by atoms with Crippen LogP contribution in [-0.4, -0.2) is 29.3 Å². The Hall–Kier alpha value is -3.75. The SMILES string of the molecule is Cc1ccc(S(=O)(=O)c2c(N)n(/N=C\c3cccc(Cl)c3)c3nc4ccccc4nc23)cc1. The van der Waals surface area contributed by atoms with Crippen LogP contribution in [0.5, 0.6) is 0 Å². The highest BCUT2D eigenvalue weighted by Gasteiger charge is 2.30. The first-order chi connectivity index (χ1) is 15.8. The number of nitrogen functional groups attached to an aromatic ring is 1. The van der Waals surface area contributed by atoms with Gasteiger partial charge in [0, 0.05) is 5.02 Å². The smallest absolute Gasteiger partial charge is 0.212 e. The van der Waals surface area contributed by atoms with E-state index in [1.165, 1.54) is 4.68 Å². The maximum absolute atomic E-state index is 13.6. The summed E-state index contributed by atoms with van der Waals surface area (Å²) in [7, 11) is -3.99. The Morgan fingerprint density at radius 1 is 0.970 bits per heavy atom. The van der Waals surface area contributed by atoms with Crippen molar-refractivity contribution in [3.63, 3.8) is 0 Å². The lowest BCUT2D eigenvalue weighted by molar-refractivity contribution is 0.597. The van der Waals surface area contributed by atoms with Crippen LogP contribution in [0.1, 0.15) is 11.1 Å². The van der Waals surface area contributed by atoms with Crippen LogP contribution in [0, 0.1) is 6.92 Å². The van der Waals surface area contributed by atoms with E-state index < -0.39 is 9.84 Å². The number of nitrogens with zero attached hydrogens (tertiary/aromatic N) is 4. The van der Waals surface area contributed by atoms with E-state index in [-0.39, 0.29) is 26.8 Å². The zero-order valence-corrected chi connectivity index (χ0v) is 19.0. The molecule has 9 heteroatoms. The van der Waals surface area contributed by atoms with Crippen molar-refractivity contribution in [1.29, 1.82) is 0 Å². The van der Waals surface area contributed by atoms with Gasteiger partial charge in [-0.05, 0) is 48.9 Å². The second-order valence-electron chi connectivity index (χ2n) is 7.53. The molecular weight excluding hydrogens is 458 g/mol. The Morgan fingerprint density at radius 2 is 1.67 bits per heavy atom. The summed E-state index contributed by atoms with van der Waals surface area (Å²) in [6.07, 6.45) is 1.54. The highest BCUT2D eigenvalue weighted by molar-refractivity contribution is 7.92. The minimum absolute atomic E-state index is 0.0702. The number of halogens is 1. The standard InChI is InChI=1S/C24H18ClN5O2S/c1-15-9-11-18(12-10-15)33(31,32)22-21-24(29-20-8-3-2-7-19(20)28-21)30(23(22)26)27-14-16-5-4-6-17(25)13-16/h2-14H,26H2,1H3/b27-14-. The van der Waals surface area contributed by atoms with Crippen LogP contribution >= 0.6 is 11.6 Å². The van der Waals surface area contributed by atoms with Gasteiger partial charge in [0.25, 0.3) is 0 Å². The van der Waals surface area contributed by atoms with Gasteiger partial charge in [-0.2, -0.15) is 9.78 Å². The summed E-state index contributed by atoms with van der Waals surface area (Å²) in [5.74, 6) is -0.0702. The number of para-hydroxylation sites is 2. The minimum atomic E-state index is -3.99. The maximum Gasteiger partial charge on any atom is 0.212 e. The van der Waals surface area contributed by atoms with Gasteiger partial charge >= 0.3 is 0 Å². The van der Waals surface area contributed by atoms with Gasteiger partial charge in [0.15, 0.2) is 5.65 Å². The number of nitrogens with two attached hydrogens (primary N) is 1. The number of fused-ring (bicyclic) bond motifs is 2. The summed E-state index contributed by atoms with van der Waals surface area (Å²) in [6.45, 7) is 1.89. The van der Waals surface area contributed by atoms with Crippen LogP contribution in [0.15, 0.2) is 87.7 Å². The Balaban J connectivity index is 1.79. The number of hydrogen-bond acceptors (Lipinski definition) is 6. The van der Waals surface area contributed by atoms with Crippen molar-refractivity contribution >= 4 is 55.7 Å². The average Bonchev–Trinajstić information content (AvgIpc) is 3.07. The zero-order chi connectivity index (χ0) is 23.2. The van der Waals surface area contributed by atoms with Crippen LogP contribution in [0.2, 0.25) is 5.02 Å². The van der Waals surface area contributed by atoms with Crippen LogP contribution in [0.3, 0.4) is 0 Å². The minimum Gasteiger partial charge on any atom is -0.382 e. The maximum atomic E-state index is 13.6. The molecule has 0 amide bonds. The number of sulfone groups is 1. The molecule has 0 atom stereocenters. The van der Waals surface area contributed by atoms with Gasteiger partial charge in [-0.15, -0.1) is 0 Å². The van der Waals surface area contributed by atoms with Gasteiger partial charge in [0.05, 0.1) is 22.1 Å². The molecule has 0 radical (unpaired) electrons. The van der Waals surface area contributed by atoms with E-state index in [1.807, 2.05) is 25.1 Å². The van der Waals surface area contributed by atoms with Gasteiger partial charge in [-0.3, -0.25) is 0 Å². The fraction of sp³-hybridized carbons (Fsp3) is 0.0417. The number of hydrogen-bond donors (Lipinski definition) is 1. The first-order valence-electron chi connectivity index (χ1n) is 10.0. The number of aryl methyl sites for hydroxylation is 1. The van der Waals surface area contributed by atoms with Gasteiger partial charge in [0.2, 0.25) is 9.84 Å². The molecule has 0 bridgehead atoms. The Morgan fingerprint density at radius 3 is 2.36 bits per heavy atom. The number of aromatic nitrogens is 3. The Kier molecular flexibility index (Phi) is 5.11. The fourth-order valence-electron chi connectivity index (χ4n) is 3.55. The largest absolute Gasteiger partial charge is 0.382 e. The first-order valence-corrected chi connectivity index (χ1v) is 11.9. The van der Waals surface area contributed by atoms with E-state index in [2.05, 4.69) is 15.1 Å². The lowest BCUT2D eigenvalue weighted by Crippen LogP contribution is -2.06. The molecule has 33 heavy (non-hydrogen) atoms. The molecule has 0 saturated carbocycles. The third-order valence-electron chi connectivity index (χ3n) is 5.20. The van der Waals surface area contributed by atoms with Crippen molar-refractivity contribution in [2.24, 2.45) is 5.10 Å². The molecule has 2 N–H and O–H groups in total. The first kappa shape index (κ1) is 21.1. The molecule has 2 aromatic heterocycles. The molecule has 164 valence electrons. The summed E-state index contributed by atoms with van der Waals surface area (Å²) < 4.78 is 28.5. The molecule has 7 nitrogen and oxygen atoms in total. The quantitative estimate of drug-likeness (QED) is 0.374. The van der Waals surface area contributed by atoms with Crippen molar-refractivity contribution in [3.8, 4) is 0 Å². The topological polar surface area (TPSA) is 103 Å². The van der Waals surface area contributed by atoms with E-state index in [1.54, 1.807) is 60.8 Å². The second kappa shape index (κ2) is 7.99. The zero-order valence-electron chi connectivity index (χ0n) is 17.5. The summed E-state index contributed by atoms with van der Waals surface area (Å²) >= 11 is 6.07. The lowest BCUT2D eigenvalue weighted by Gasteiger charge is -2.05. The third-order valence-corrected chi connectivity index (χ3v) is 7.27. The van der Waals surface area contributed by atoms with Crippen LogP contribution in [0.25, 0.3) is 22.2 Å². The normalized spacial score (nSPS) is 12.2. The number of anilines is 1. The van der Waals surface area contributed by atoms with E-state index >= 15 is 0 Å². The molecule has 0 unspecified atom stereocenters.